The molecule has 0 spiro atoms. The van der Waals surface area contributed by atoms with Crippen molar-refractivity contribution in [2.45, 2.75) is 6.54 Å². The van der Waals surface area contributed by atoms with Crippen LogP contribution in [0, 0.1) is 0 Å². The normalized spacial score (nSPS) is 12.9. The van der Waals surface area contributed by atoms with Gasteiger partial charge in [-0.05, 0) is 6.07 Å². The summed E-state index contributed by atoms with van der Waals surface area (Å²) in [6, 6.07) is 3.44. The Labute approximate surface area is 86.7 Å². The lowest BCUT2D eigenvalue weighted by molar-refractivity contribution is 0.173. The molecular weight excluding hydrogens is 201 g/mol. The van der Waals surface area contributed by atoms with Crippen molar-refractivity contribution >= 4 is 0 Å². The van der Waals surface area contributed by atoms with E-state index in [-0.39, 0.29) is 13.4 Å². The van der Waals surface area contributed by atoms with Crippen LogP contribution in [-0.4, -0.2) is 20.1 Å². The third-order valence-electron chi connectivity index (χ3n) is 2.11. The molecule has 1 aromatic carbocycles. The molecule has 2 N–H and O–H groups in total. The summed E-state index contributed by atoms with van der Waals surface area (Å²) < 4.78 is 27.6. The zero-order chi connectivity index (χ0) is 10.7. The topological polar surface area (TPSA) is 53.7 Å². The number of halogens is 1. The number of benzene rings is 1. The van der Waals surface area contributed by atoms with Crippen LogP contribution in [0.15, 0.2) is 12.1 Å². The Bertz CT molecular complexity index is 357. The van der Waals surface area contributed by atoms with Gasteiger partial charge in [0.1, 0.15) is 19.0 Å². The highest BCUT2D eigenvalue weighted by atomic mass is 19.1. The first-order valence-electron chi connectivity index (χ1n) is 4.66. The van der Waals surface area contributed by atoms with E-state index >= 15 is 0 Å². The van der Waals surface area contributed by atoms with E-state index in [2.05, 4.69) is 0 Å². The van der Waals surface area contributed by atoms with Crippen LogP contribution in [0.5, 0.6) is 17.2 Å². The first kappa shape index (κ1) is 10.0. The molecule has 0 bridgehead atoms. The smallest absolute Gasteiger partial charge is 0.231 e. The fourth-order valence-electron chi connectivity index (χ4n) is 1.41. The summed E-state index contributed by atoms with van der Waals surface area (Å²) in [5.74, 6) is 1.82. The second-order valence-electron chi connectivity index (χ2n) is 3.05. The summed E-state index contributed by atoms with van der Waals surface area (Å²) in [6.07, 6.45) is 0. The highest BCUT2D eigenvalue weighted by Gasteiger charge is 2.17. The van der Waals surface area contributed by atoms with Crippen molar-refractivity contribution < 1.29 is 18.6 Å². The van der Waals surface area contributed by atoms with Gasteiger partial charge in [-0.2, -0.15) is 0 Å². The Morgan fingerprint density at radius 2 is 2.07 bits per heavy atom. The van der Waals surface area contributed by atoms with Crippen LogP contribution in [0.4, 0.5) is 4.39 Å². The van der Waals surface area contributed by atoms with Gasteiger partial charge in [-0.3, -0.25) is 0 Å². The van der Waals surface area contributed by atoms with Crippen LogP contribution in [0.2, 0.25) is 0 Å². The highest BCUT2D eigenvalue weighted by Crippen LogP contribution is 2.37. The molecule has 1 heterocycles. The lowest BCUT2D eigenvalue weighted by Crippen LogP contribution is -2.04. The summed E-state index contributed by atoms with van der Waals surface area (Å²) >= 11 is 0. The molecule has 1 aliphatic rings. The third kappa shape index (κ3) is 1.97. The van der Waals surface area contributed by atoms with Gasteiger partial charge in [0.2, 0.25) is 6.79 Å². The molecule has 0 atom stereocenters. The molecule has 15 heavy (non-hydrogen) atoms. The van der Waals surface area contributed by atoms with Crippen molar-refractivity contribution in [1.82, 2.24) is 0 Å². The van der Waals surface area contributed by atoms with Gasteiger partial charge < -0.3 is 19.9 Å². The molecule has 0 fully saturated rings. The summed E-state index contributed by atoms with van der Waals surface area (Å²) in [5, 5.41) is 0. The Morgan fingerprint density at radius 3 is 2.73 bits per heavy atom. The van der Waals surface area contributed by atoms with Crippen LogP contribution >= 0.6 is 0 Å². The standard InChI is InChI=1S/C10H12FNO3/c11-1-2-13-8-4-10-9(14-6-15-10)3-7(8)5-12/h3-4H,1-2,5-6,12H2. The third-order valence-corrected chi connectivity index (χ3v) is 2.11. The molecule has 0 aliphatic carbocycles. The lowest BCUT2D eigenvalue weighted by Gasteiger charge is -2.09. The summed E-state index contributed by atoms with van der Waals surface area (Å²) in [7, 11) is 0. The molecule has 4 nitrogen and oxygen atoms in total. The van der Waals surface area contributed by atoms with Crippen LogP contribution in [0.1, 0.15) is 5.56 Å². The number of alkyl halides is 1. The van der Waals surface area contributed by atoms with Gasteiger partial charge in [-0.15, -0.1) is 0 Å². The molecule has 0 amide bonds. The number of rotatable bonds is 4. The predicted molar refractivity (Wildman–Crippen MR) is 51.9 cm³/mol. The van der Waals surface area contributed by atoms with Crippen molar-refractivity contribution in [3.8, 4) is 17.2 Å². The molecule has 2 rings (SSSR count). The van der Waals surface area contributed by atoms with Gasteiger partial charge >= 0.3 is 0 Å². The van der Waals surface area contributed by atoms with Crippen LogP contribution in [0.25, 0.3) is 0 Å². The fourth-order valence-corrected chi connectivity index (χ4v) is 1.41. The molecule has 0 saturated carbocycles. The first-order chi connectivity index (χ1) is 7.35. The Balaban J connectivity index is 2.27. The van der Waals surface area contributed by atoms with Crippen molar-refractivity contribution in [3.63, 3.8) is 0 Å². The molecule has 5 heteroatoms. The quantitative estimate of drug-likeness (QED) is 0.817. The average molecular weight is 213 g/mol. The van der Waals surface area contributed by atoms with Gasteiger partial charge in [-0.1, -0.05) is 0 Å². The average Bonchev–Trinajstić information content (AvgIpc) is 2.71. The fraction of sp³-hybridized carbons (Fsp3) is 0.400. The van der Waals surface area contributed by atoms with Gasteiger partial charge in [0.15, 0.2) is 11.5 Å². The Morgan fingerprint density at radius 1 is 1.33 bits per heavy atom. The van der Waals surface area contributed by atoms with Crippen molar-refractivity contribution in [1.29, 1.82) is 0 Å². The van der Waals surface area contributed by atoms with E-state index in [0.717, 1.165) is 5.56 Å². The van der Waals surface area contributed by atoms with E-state index in [1.807, 2.05) is 0 Å². The minimum atomic E-state index is -0.529. The minimum absolute atomic E-state index is 0.0205. The van der Waals surface area contributed by atoms with E-state index in [1.165, 1.54) is 0 Å². The molecule has 0 aromatic heterocycles. The first-order valence-corrected chi connectivity index (χ1v) is 4.66. The van der Waals surface area contributed by atoms with E-state index < -0.39 is 6.67 Å². The summed E-state index contributed by atoms with van der Waals surface area (Å²) in [4.78, 5) is 0. The maximum absolute atomic E-state index is 12.0. The highest BCUT2D eigenvalue weighted by molar-refractivity contribution is 5.51. The van der Waals surface area contributed by atoms with Crippen molar-refractivity contribution in [3.05, 3.63) is 17.7 Å². The number of fused-ring (bicyclic) bond motifs is 1. The van der Waals surface area contributed by atoms with Crippen LogP contribution in [0.3, 0.4) is 0 Å². The maximum atomic E-state index is 12.0. The molecule has 0 radical (unpaired) electrons. The van der Waals surface area contributed by atoms with Gasteiger partial charge in [0.05, 0.1) is 0 Å². The molecule has 1 aromatic rings. The second kappa shape index (κ2) is 4.35. The molecule has 82 valence electrons. The maximum Gasteiger partial charge on any atom is 0.231 e. The zero-order valence-corrected chi connectivity index (χ0v) is 8.16. The van der Waals surface area contributed by atoms with Crippen molar-refractivity contribution in [2.75, 3.05) is 20.1 Å². The zero-order valence-electron chi connectivity index (χ0n) is 8.16. The van der Waals surface area contributed by atoms with E-state index in [0.29, 0.717) is 23.8 Å². The second-order valence-corrected chi connectivity index (χ2v) is 3.05. The van der Waals surface area contributed by atoms with Gasteiger partial charge in [0, 0.05) is 18.2 Å². The number of nitrogens with two attached hydrogens (primary N) is 1. The van der Waals surface area contributed by atoms with Crippen molar-refractivity contribution in [2.24, 2.45) is 5.73 Å². The SMILES string of the molecule is NCc1cc2c(cc1OCCF)OCO2. The van der Waals surface area contributed by atoms with Crippen LogP contribution < -0.4 is 19.9 Å². The van der Waals surface area contributed by atoms with E-state index in [9.17, 15) is 4.39 Å². The van der Waals surface area contributed by atoms with Gasteiger partial charge in [-0.25, -0.2) is 4.39 Å². The molecule has 0 unspecified atom stereocenters. The van der Waals surface area contributed by atoms with Gasteiger partial charge in [0.25, 0.3) is 0 Å². The minimum Gasteiger partial charge on any atom is -0.490 e. The molecule has 1 aliphatic heterocycles. The summed E-state index contributed by atoms with van der Waals surface area (Å²) in [6.45, 7) is 0.00919. The number of ether oxygens (including phenoxy) is 3. The largest absolute Gasteiger partial charge is 0.490 e. The van der Waals surface area contributed by atoms with E-state index in [4.69, 9.17) is 19.9 Å². The van der Waals surface area contributed by atoms with Crippen LogP contribution in [-0.2, 0) is 6.54 Å². The molecule has 0 saturated heterocycles. The van der Waals surface area contributed by atoms with E-state index in [1.54, 1.807) is 12.1 Å². The Kier molecular flexibility index (Phi) is 2.91. The predicted octanol–water partition coefficient (Wildman–Crippen LogP) is 1.22. The lowest BCUT2D eigenvalue weighted by atomic mass is 10.2. The number of hydrogen-bond donors (Lipinski definition) is 1. The number of hydrogen-bond acceptors (Lipinski definition) is 4. The monoisotopic (exact) mass is 213 g/mol. The Hall–Kier alpha value is -1.49. The summed E-state index contributed by atoms with van der Waals surface area (Å²) in [5.41, 5.74) is 6.33. The molecular formula is C10H12FNO3.